The highest BCUT2D eigenvalue weighted by atomic mass is 35.5. The van der Waals surface area contributed by atoms with Crippen LogP contribution in [0.4, 0.5) is 0 Å². The molecule has 6 atom stereocenters. The Morgan fingerprint density at radius 2 is 1.78 bits per heavy atom. The highest BCUT2D eigenvalue weighted by Crippen LogP contribution is 2.59. The van der Waals surface area contributed by atoms with Crippen molar-refractivity contribution in [3.63, 3.8) is 0 Å². The van der Waals surface area contributed by atoms with Crippen molar-refractivity contribution < 1.29 is 29.3 Å². The van der Waals surface area contributed by atoms with Gasteiger partial charge in [0.05, 0.1) is 29.6 Å². The summed E-state index contributed by atoms with van der Waals surface area (Å²) in [6.45, 7) is 0.154. The third-order valence-electron chi connectivity index (χ3n) is 8.86. The molecular weight excluding hydrogens is 494 g/mol. The molecule has 2 aromatic rings. The SMILES string of the molecule is O=C1[C@H]2[C@H](C[C@H](COc3ccccc3)[C@@]3(O)O[C@H](c4ccc(O)cc4Cl)C[C@@H]23)C(=O)N1C1CCCCC1. The molecule has 0 spiro atoms. The number of phenols is 1. The zero-order valence-corrected chi connectivity index (χ0v) is 21.3. The standard InChI is InChI=1S/C29H32ClNO6/c30-24-14-19(32)11-12-21(24)25-15-23-26-22(27(33)31(28(26)34)18-7-3-1-4-8-18)13-17(29(23,35)37-25)16-36-20-9-5-2-6-10-20/h2,5-6,9-12,14,17-18,22-23,25-26,32,35H,1,3-4,7-8,13,15-16H2/t17-,22+,23+,25+,26+,29-/m1/s1. The van der Waals surface area contributed by atoms with Crippen molar-refractivity contribution in [2.45, 2.75) is 62.9 Å². The average Bonchev–Trinajstić information content (AvgIpc) is 3.37. The van der Waals surface area contributed by atoms with E-state index in [1.807, 2.05) is 30.3 Å². The topological polar surface area (TPSA) is 96.3 Å². The molecule has 6 rings (SSSR count). The number of imide groups is 1. The van der Waals surface area contributed by atoms with Gasteiger partial charge in [-0.2, -0.15) is 0 Å². The molecule has 2 aliphatic heterocycles. The van der Waals surface area contributed by atoms with Gasteiger partial charge in [0.1, 0.15) is 11.5 Å². The summed E-state index contributed by atoms with van der Waals surface area (Å²) in [4.78, 5) is 29.0. The lowest BCUT2D eigenvalue weighted by Crippen LogP contribution is -2.55. The molecule has 0 bridgehead atoms. The zero-order chi connectivity index (χ0) is 25.7. The zero-order valence-electron chi connectivity index (χ0n) is 20.6. The molecule has 37 heavy (non-hydrogen) atoms. The number of nitrogens with zero attached hydrogens (tertiary/aromatic N) is 1. The Hall–Kier alpha value is -2.61. The van der Waals surface area contributed by atoms with Crippen LogP contribution in [0.2, 0.25) is 5.02 Å². The van der Waals surface area contributed by atoms with E-state index < -0.39 is 35.6 Å². The Kier molecular flexibility index (Phi) is 6.42. The van der Waals surface area contributed by atoms with Crippen LogP contribution in [0.1, 0.15) is 56.6 Å². The van der Waals surface area contributed by atoms with Crippen molar-refractivity contribution in [2.24, 2.45) is 23.7 Å². The summed E-state index contributed by atoms with van der Waals surface area (Å²) in [6, 6.07) is 13.9. The number of halogens is 1. The van der Waals surface area contributed by atoms with Crippen LogP contribution in [0.3, 0.4) is 0 Å². The third kappa shape index (κ3) is 4.21. The van der Waals surface area contributed by atoms with Gasteiger partial charge in [-0.3, -0.25) is 14.5 Å². The second-order valence-electron chi connectivity index (χ2n) is 10.9. The van der Waals surface area contributed by atoms with Gasteiger partial charge >= 0.3 is 0 Å². The number of rotatable bonds is 5. The number of hydrogen-bond acceptors (Lipinski definition) is 6. The predicted molar refractivity (Wildman–Crippen MR) is 136 cm³/mol. The number of phenolic OH excluding ortho intramolecular Hbond substituents is 1. The number of hydrogen-bond donors (Lipinski definition) is 2. The maximum absolute atomic E-state index is 13.8. The van der Waals surface area contributed by atoms with E-state index in [2.05, 4.69) is 0 Å². The Morgan fingerprint density at radius 3 is 2.51 bits per heavy atom. The third-order valence-corrected chi connectivity index (χ3v) is 9.19. The van der Waals surface area contributed by atoms with Gasteiger partial charge < -0.3 is 19.7 Å². The smallest absolute Gasteiger partial charge is 0.233 e. The maximum atomic E-state index is 13.8. The summed E-state index contributed by atoms with van der Waals surface area (Å²) in [6.07, 6.45) is 4.93. The molecule has 2 aromatic carbocycles. The van der Waals surface area contributed by atoms with Gasteiger partial charge in [0.15, 0.2) is 5.79 Å². The molecule has 2 saturated carbocycles. The molecule has 2 heterocycles. The second-order valence-corrected chi connectivity index (χ2v) is 11.3. The summed E-state index contributed by atoms with van der Waals surface area (Å²) < 4.78 is 12.4. The first-order valence-corrected chi connectivity index (χ1v) is 13.7. The number of likely N-dealkylation sites (tertiary alicyclic amines) is 1. The monoisotopic (exact) mass is 525 g/mol. The van der Waals surface area contributed by atoms with Crippen LogP contribution >= 0.6 is 11.6 Å². The van der Waals surface area contributed by atoms with E-state index in [0.29, 0.717) is 29.2 Å². The molecule has 0 aromatic heterocycles. The van der Waals surface area contributed by atoms with Gasteiger partial charge in [-0.15, -0.1) is 0 Å². The van der Waals surface area contributed by atoms with Gasteiger partial charge in [0.25, 0.3) is 0 Å². The van der Waals surface area contributed by atoms with E-state index in [0.717, 1.165) is 32.1 Å². The normalized spacial score (nSPS) is 33.9. The Balaban J connectivity index is 1.34. The van der Waals surface area contributed by atoms with Gasteiger partial charge in [-0.05, 0) is 55.5 Å². The first-order chi connectivity index (χ1) is 17.9. The van der Waals surface area contributed by atoms with E-state index in [-0.39, 0.29) is 30.2 Å². The molecule has 2 saturated heterocycles. The average molecular weight is 526 g/mol. The van der Waals surface area contributed by atoms with Crippen LogP contribution in [0.5, 0.6) is 11.5 Å². The summed E-state index contributed by atoms with van der Waals surface area (Å²) in [5.41, 5.74) is 0.641. The number of carbonyl (C=O) groups excluding carboxylic acids is 2. The summed E-state index contributed by atoms with van der Waals surface area (Å²) in [5, 5.41) is 22.2. The van der Waals surface area contributed by atoms with Crippen LogP contribution in [0, 0.1) is 23.7 Å². The number of para-hydroxylation sites is 1. The van der Waals surface area contributed by atoms with Crippen LogP contribution in [-0.4, -0.2) is 45.4 Å². The molecule has 4 fully saturated rings. The van der Waals surface area contributed by atoms with E-state index in [9.17, 15) is 19.8 Å². The minimum atomic E-state index is -1.65. The van der Waals surface area contributed by atoms with Crippen LogP contribution < -0.4 is 4.74 Å². The second kappa shape index (κ2) is 9.61. The molecule has 8 heteroatoms. The van der Waals surface area contributed by atoms with Gasteiger partial charge in [0, 0.05) is 17.9 Å². The first kappa shape index (κ1) is 24.7. The number of aliphatic hydroxyl groups is 1. The van der Waals surface area contributed by atoms with Crippen molar-refractivity contribution >= 4 is 23.4 Å². The number of amides is 2. The highest BCUT2D eigenvalue weighted by Gasteiger charge is 2.67. The van der Waals surface area contributed by atoms with E-state index in [4.69, 9.17) is 21.1 Å². The van der Waals surface area contributed by atoms with Crippen molar-refractivity contribution in [2.75, 3.05) is 6.61 Å². The molecule has 2 aliphatic carbocycles. The Bertz CT molecular complexity index is 1180. The van der Waals surface area contributed by atoms with Crippen molar-refractivity contribution in [3.05, 3.63) is 59.1 Å². The van der Waals surface area contributed by atoms with Crippen molar-refractivity contribution in [1.82, 2.24) is 4.90 Å². The molecule has 196 valence electrons. The summed E-state index contributed by atoms with van der Waals surface area (Å²) in [7, 11) is 0. The number of benzene rings is 2. The van der Waals surface area contributed by atoms with Gasteiger partial charge in [-0.1, -0.05) is 55.1 Å². The fourth-order valence-corrected chi connectivity index (χ4v) is 7.38. The van der Waals surface area contributed by atoms with Crippen LogP contribution in [0.15, 0.2) is 48.5 Å². The molecule has 0 radical (unpaired) electrons. The number of carbonyl (C=O) groups is 2. The Morgan fingerprint density at radius 1 is 1.03 bits per heavy atom. The minimum absolute atomic E-state index is 0.0387. The predicted octanol–water partition coefficient (Wildman–Crippen LogP) is 4.84. The summed E-state index contributed by atoms with van der Waals surface area (Å²) in [5.74, 6) is -3.45. The molecular formula is C29H32ClNO6. The first-order valence-electron chi connectivity index (χ1n) is 13.3. The summed E-state index contributed by atoms with van der Waals surface area (Å²) >= 11 is 6.44. The van der Waals surface area contributed by atoms with Gasteiger partial charge in [0.2, 0.25) is 11.8 Å². The van der Waals surface area contributed by atoms with Crippen molar-refractivity contribution in [1.29, 1.82) is 0 Å². The van der Waals surface area contributed by atoms with Crippen LogP contribution in [-0.2, 0) is 14.3 Å². The quantitative estimate of drug-likeness (QED) is 0.542. The number of fused-ring (bicyclic) bond motifs is 3. The molecule has 0 unspecified atom stereocenters. The van der Waals surface area contributed by atoms with Crippen molar-refractivity contribution in [3.8, 4) is 11.5 Å². The highest BCUT2D eigenvalue weighted by molar-refractivity contribution is 6.31. The fourth-order valence-electron chi connectivity index (χ4n) is 7.08. The van der Waals surface area contributed by atoms with E-state index in [1.165, 1.54) is 17.0 Å². The van der Waals surface area contributed by atoms with E-state index in [1.54, 1.807) is 6.07 Å². The largest absolute Gasteiger partial charge is 0.508 e. The molecule has 2 amide bonds. The van der Waals surface area contributed by atoms with E-state index >= 15 is 0 Å². The lowest BCUT2D eigenvalue weighted by Gasteiger charge is -2.44. The number of aromatic hydroxyl groups is 1. The molecule has 2 N–H and O–H groups in total. The lowest BCUT2D eigenvalue weighted by molar-refractivity contribution is -0.272. The maximum Gasteiger partial charge on any atom is 0.233 e. The van der Waals surface area contributed by atoms with Crippen LogP contribution in [0.25, 0.3) is 0 Å². The molecule has 4 aliphatic rings. The lowest BCUT2D eigenvalue weighted by atomic mass is 9.64. The minimum Gasteiger partial charge on any atom is -0.508 e. The number of ether oxygens (including phenoxy) is 2. The van der Waals surface area contributed by atoms with Gasteiger partial charge in [-0.25, -0.2) is 0 Å². The fraction of sp³-hybridized carbons (Fsp3) is 0.517. The Labute approximate surface area is 221 Å². The molecule has 7 nitrogen and oxygen atoms in total.